The molecule has 1 aromatic heterocycles. The van der Waals surface area contributed by atoms with Gasteiger partial charge in [0, 0.05) is 32.7 Å². The van der Waals surface area contributed by atoms with Gasteiger partial charge in [0.15, 0.2) is 6.29 Å². The van der Waals surface area contributed by atoms with Crippen molar-refractivity contribution in [3.8, 4) is 0 Å². The van der Waals surface area contributed by atoms with Crippen LogP contribution in [0.3, 0.4) is 0 Å². The summed E-state index contributed by atoms with van der Waals surface area (Å²) in [4.78, 5) is 23.1. The van der Waals surface area contributed by atoms with Crippen LogP contribution in [0.15, 0.2) is 22.0 Å². The molecule has 0 saturated heterocycles. The first kappa shape index (κ1) is 13.7. The average molecular weight is 242 g/mol. The summed E-state index contributed by atoms with van der Waals surface area (Å²) in [6, 6.07) is 0. The van der Waals surface area contributed by atoms with Crippen LogP contribution < -0.4 is 11.1 Å². The molecule has 1 heterocycles. The molecule has 0 radical (unpaired) electrons. The lowest BCUT2D eigenvalue weighted by Gasteiger charge is -2.17. The summed E-state index contributed by atoms with van der Waals surface area (Å²) in [5.74, 6) is 0. The zero-order chi connectivity index (χ0) is 12.8. The van der Waals surface area contributed by atoms with Gasteiger partial charge in [-0.05, 0) is 13.8 Å². The molecule has 0 fully saturated rings. The first-order valence-electron chi connectivity index (χ1n) is 5.59. The molecule has 0 spiro atoms. The van der Waals surface area contributed by atoms with Gasteiger partial charge in [0.1, 0.15) is 0 Å². The lowest BCUT2D eigenvalue weighted by Crippen LogP contribution is -2.41. The van der Waals surface area contributed by atoms with Crippen molar-refractivity contribution in [2.45, 2.75) is 26.7 Å². The molecule has 0 aliphatic carbocycles. The minimum atomic E-state index is -0.570. The van der Waals surface area contributed by atoms with Crippen molar-refractivity contribution < 1.29 is 9.47 Å². The van der Waals surface area contributed by atoms with Crippen LogP contribution in [0, 0.1) is 0 Å². The number of hydrogen-bond donors (Lipinski definition) is 0. The Morgan fingerprint density at radius 2 is 1.71 bits per heavy atom. The maximum atomic E-state index is 11.7. The Hall–Kier alpha value is -1.40. The molecular weight excluding hydrogens is 224 g/mol. The number of aromatic nitrogens is 2. The second-order valence-corrected chi connectivity index (χ2v) is 3.51. The van der Waals surface area contributed by atoms with E-state index in [1.807, 2.05) is 13.8 Å². The van der Waals surface area contributed by atoms with E-state index in [4.69, 9.17) is 9.47 Å². The predicted molar refractivity (Wildman–Crippen MR) is 63.0 cm³/mol. The third-order valence-corrected chi connectivity index (χ3v) is 2.29. The SMILES string of the molecule is CCOC(Cn1ccn(C)c(=O)c1=O)OCC. The lowest BCUT2D eigenvalue weighted by molar-refractivity contribution is -0.144. The first-order chi connectivity index (χ1) is 8.10. The molecule has 0 aliphatic heterocycles. The number of ether oxygens (including phenoxy) is 2. The van der Waals surface area contributed by atoms with Crippen LogP contribution in [0.25, 0.3) is 0 Å². The lowest BCUT2D eigenvalue weighted by atomic mass is 10.5. The van der Waals surface area contributed by atoms with Crippen molar-refractivity contribution >= 4 is 0 Å². The van der Waals surface area contributed by atoms with Gasteiger partial charge in [0.05, 0.1) is 6.54 Å². The summed E-state index contributed by atoms with van der Waals surface area (Å²) < 4.78 is 13.2. The van der Waals surface area contributed by atoms with Crippen LogP contribution >= 0.6 is 0 Å². The van der Waals surface area contributed by atoms with Crippen molar-refractivity contribution in [3.05, 3.63) is 33.1 Å². The molecule has 96 valence electrons. The number of nitrogens with zero attached hydrogens (tertiary/aromatic N) is 2. The third-order valence-electron chi connectivity index (χ3n) is 2.29. The zero-order valence-electron chi connectivity index (χ0n) is 10.4. The highest BCUT2D eigenvalue weighted by Crippen LogP contribution is 1.97. The van der Waals surface area contributed by atoms with E-state index in [1.54, 1.807) is 12.4 Å². The molecule has 1 aromatic rings. The summed E-state index contributed by atoms with van der Waals surface area (Å²) in [6.07, 6.45) is 2.59. The molecule has 6 nitrogen and oxygen atoms in total. The fourth-order valence-corrected chi connectivity index (χ4v) is 1.42. The highest BCUT2D eigenvalue weighted by atomic mass is 16.7. The van der Waals surface area contributed by atoms with E-state index in [0.29, 0.717) is 13.2 Å². The maximum Gasteiger partial charge on any atom is 0.316 e. The summed E-state index contributed by atoms with van der Waals surface area (Å²) in [5.41, 5.74) is -1.13. The summed E-state index contributed by atoms with van der Waals surface area (Å²) in [7, 11) is 1.54. The zero-order valence-corrected chi connectivity index (χ0v) is 10.4. The van der Waals surface area contributed by atoms with Crippen molar-refractivity contribution in [2.75, 3.05) is 13.2 Å². The molecule has 1 rings (SSSR count). The van der Waals surface area contributed by atoms with Crippen LogP contribution in [0.4, 0.5) is 0 Å². The van der Waals surface area contributed by atoms with Gasteiger partial charge >= 0.3 is 11.1 Å². The van der Waals surface area contributed by atoms with Crippen molar-refractivity contribution in [1.29, 1.82) is 0 Å². The largest absolute Gasteiger partial charge is 0.351 e. The van der Waals surface area contributed by atoms with Crippen molar-refractivity contribution in [3.63, 3.8) is 0 Å². The summed E-state index contributed by atoms with van der Waals surface area (Å²) >= 11 is 0. The van der Waals surface area contributed by atoms with Crippen molar-refractivity contribution in [1.82, 2.24) is 9.13 Å². The molecular formula is C11H18N2O4. The molecule has 17 heavy (non-hydrogen) atoms. The number of aryl methyl sites for hydroxylation is 1. The fourth-order valence-electron chi connectivity index (χ4n) is 1.42. The molecule has 0 unspecified atom stereocenters. The average Bonchev–Trinajstić information content (AvgIpc) is 2.30. The Bertz CT molecular complexity index is 457. The first-order valence-corrected chi connectivity index (χ1v) is 5.59. The maximum absolute atomic E-state index is 11.7. The van der Waals surface area contributed by atoms with E-state index in [1.165, 1.54) is 16.2 Å². The van der Waals surface area contributed by atoms with E-state index in [9.17, 15) is 9.59 Å². The van der Waals surface area contributed by atoms with Gasteiger partial charge in [-0.2, -0.15) is 0 Å². The van der Waals surface area contributed by atoms with Crippen LogP contribution in [0.1, 0.15) is 13.8 Å². The monoisotopic (exact) mass is 242 g/mol. The molecule has 0 saturated carbocycles. The predicted octanol–water partition coefficient (Wildman–Crippen LogP) is -0.0539. The van der Waals surface area contributed by atoms with E-state index in [2.05, 4.69) is 0 Å². The van der Waals surface area contributed by atoms with Crippen LogP contribution in [-0.2, 0) is 23.1 Å². The highest BCUT2D eigenvalue weighted by molar-refractivity contribution is 4.84. The Morgan fingerprint density at radius 1 is 1.12 bits per heavy atom. The van der Waals surface area contributed by atoms with E-state index in [0.717, 1.165) is 0 Å². The van der Waals surface area contributed by atoms with E-state index >= 15 is 0 Å². The highest BCUT2D eigenvalue weighted by Gasteiger charge is 2.11. The smallest absolute Gasteiger partial charge is 0.316 e. The Morgan fingerprint density at radius 3 is 2.24 bits per heavy atom. The van der Waals surface area contributed by atoms with Crippen LogP contribution in [-0.4, -0.2) is 28.6 Å². The van der Waals surface area contributed by atoms with Gasteiger partial charge in [-0.15, -0.1) is 0 Å². The van der Waals surface area contributed by atoms with Gasteiger partial charge in [0.2, 0.25) is 0 Å². The normalized spacial score (nSPS) is 11.1. The topological polar surface area (TPSA) is 62.5 Å². The number of hydrogen-bond acceptors (Lipinski definition) is 4. The van der Waals surface area contributed by atoms with Crippen molar-refractivity contribution in [2.24, 2.45) is 7.05 Å². The minimum absolute atomic E-state index is 0.219. The quantitative estimate of drug-likeness (QED) is 0.518. The van der Waals surface area contributed by atoms with Crippen LogP contribution in [0.5, 0.6) is 0 Å². The van der Waals surface area contributed by atoms with E-state index in [-0.39, 0.29) is 6.54 Å². The van der Waals surface area contributed by atoms with E-state index < -0.39 is 17.4 Å². The Kier molecular flexibility index (Phi) is 5.11. The van der Waals surface area contributed by atoms with Gasteiger partial charge in [-0.3, -0.25) is 9.59 Å². The molecule has 0 amide bonds. The molecule has 0 bridgehead atoms. The number of rotatable bonds is 6. The summed E-state index contributed by atoms with van der Waals surface area (Å²) in [5, 5.41) is 0. The van der Waals surface area contributed by atoms with Gasteiger partial charge in [0.25, 0.3) is 0 Å². The Labute approximate surface area is 99.4 Å². The molecule has 6 heteroatoms. The van der Waals surface area contributed by atoms with Gasteiger partial charge in [-0.25, -0.2) is 0 Å². The second kappa shape index (κ2) is 6.36. The standard InChI is InChI=1S/C11H18N2O4/c1-4-16-9(17-5-2)8-13-7-6-12(3)10(14)11(13)15/h6-7,9H,4-5,8H2,1-3H3. The summed E-state index contributed by atoms with van der Waals surface area (Å²) in [6.45, 7) is 4.89. The van der Waals surface area contributed by atoms with Gasteiger partial charge < -0.3 is 18.6 Å². The molecule has 0 aromatic carbocycles. The molecule has 0 aliphatic rings. The molecule has 0 N–H and O–H groups in total. The fraction of sp³-hybridized carbons (Fsp3) is 0.636. The van der Waals surface area contributed by atoms with Gasteiger partial charge in [-0.1, -0.05) is 0 Å². The third kappa shape index (κ3) is 3.54. The second-order valence-electron chi connectivity index (χ2n) is 3.51. The minimum Gasteiger partial charge on any atom is -0.351 e. The van der Waals surface area contributed by atoms with Crippen LogP contribution in [0.2, 0.25) is 0 Å². The Balaban J connectivity index is 2.90. The molecule has 0 atom stereocenters.